The predicted octanol–water partition coefficient (Wildman–Crippen LogP) is 2.96. The maximum atomic E-state index is 13.3. The molecule has 30 heavy (non-hydrogen) atoms. The number of nitro benzene ring substituents is 1. The van der Waals surface area contributed by atoms with Gasteiger partial charge in [-0.25, -0.2) is 9.69 Å². The van der Waals surface area contributed by atoms with Crippen molar-refractivity contribution >= 4 is 23.7 Å². The quantitative estimate of drug-likeness (QED) is 0.480. The highest BCUT2D eigenvalue weighted by Crippen LogP contribution is 2.34. The molecule has 2 atom stereocenters. The number of carbonyl (C=O) groups is 3. The lowest BCUT2D eigenvalue weighted by Gasteiger charge is -2.30. The zero-order valence-corrected chi connectivity index (χ0v) is 17.3. The second-order valence-electron chi connectivity index (χ2n) is 8.46. The van der Waals surface area contributed by atoms with E-state index in [-0.39, 0.29) is 42.4 Å². The molecule has 1 saturated heterocycles. The van der Waals surface area contributed by atoms with E-state index in [9.17, 15) is 34.7 Å². The number of carbonyl (C=O) groups excluding carboxylic acids is 2. The van der Waals surface area contributed by atoms with E-state index in [4.69, 9.17) is 4.74 Å². The topological polar surface area (TPSA) is 147 Å². The SMILES string of the molecule is CC(C)C1COC(=O)N1C(=O)C(Cc1ccc(O)cc1[N+](=O)[O-])CC(C)(C)C(=O)O. The van der Waals surface area contributed by atoms with Crippen LogP contribution in [0.2, 0.25) is 0 Å². The van der Waals surface area contributed by atoms with Gasteiger partial charge in [-0.15, -0.1) is 0 Å². The maximum absolute atomic E-state index is 13.3. The summed E-state index contributed by atoms with van der Waals surface area (Å²) in [5, 5.41) is 30.5. The molecule has 0 saturated carbocycles. The number of benzene rings is 1. The Morgan fingerprint density at radius 1 is 1.37 bits per heavy atom. The van der Waals surface area contributed by atoms with Crippen molar-refractivity contribution in [3.05, 3.63) is 33.9 Å². The number of carboxylic acids is 1. The molecule has 0 aliphatic carbocycles. The molecular weight excluding hydrogens is 396 g/mol. The second-order valence-corrected chi connectivity index (χ2v) is 8.46. The zero-order chi connectivity index (χ0) is 22.8. The van der Waals surface area contributed by atoms with E-state index in [1.807, 2.05) is 13.8 Å². The fraction of sp³-hybridized carbons (Fsp3) is 0.550. The van der Waals surface area contributed by atoms with Gasteiger partial charge in [0.1, 0.15) is 12.4 Å². The average Bonchev–Trinajstić information content (AvgIpc) is 3.03. The lowest BCUT2D eigenvalue weighted by molar-refractivity contribution is -0.385. The van der Waals surface area contributed by atoms with E-state index in [2.05, 4.69) is 0 Å². The molecule has 1 aromatic rings. The molecule has 0 radical (unpaired) electrons. The third kappa shape index (κ3) is 4.87. The zero-order valence-electron chi connectivity index (χ0n) is 17.3. The monoisotopic (exact) mass is 422 g/mol. The normalized spacial score (nSPS) is 17.7. The number of nitrogens with zero attached hydrogens (tertiary/aromatic N) is 2. The summed E-state index contributed by atoms with van der Waals surface area (Å²) < 4.78 is 5.02. The molecule has 2 unspecified atom stereocenters. The van der Waals surface area contributed by atoms with E-state index >= 15 is 0 Å². The first kappa shape index (κ1) is 23.1. The van der Waals surface area contributed by atoms with Gasteiger partial charge in [0.2, 0.25) is 5.91 Å². The summed E-state index contributed by atoms with van der Waals surface area (Å²) in [6.45, 7) is 6.59. The van der Waals surface area contributed by atoms with Crippen LogP contribution in [0.1, 0.15) is 39.7 Å². The second kappa shape index (κ2) is 8.68. The van der Waals surface area contributed by atoms with Crippen LogP contribution in [0, 0.1) is 27.4 Å². The Kier molecular flexibility index (Phi) is 6.69. The molecule has 10 heteroatoms. The lowest BCUT2D eigenvalue weighted by atomic mass is 9.79. The number of carboxylic acid groups (broad SMARTS) is 1. The number of aliphatic carboxylic acids is 1. The molecule has 0 spiro atoms. The van der Waals surface area contributed by atoms with E-state index in [1.54, 1.807) is 0 Å². The molecule has 0 aromatic heterocycles. The van der Waals surface area contributed by atoms with Crippen LogP contribution in [0.25, 0.3) is 0 Å². The van der Waals surface area contributed by atoms with Crippen LogP contribution in [0.15, 0.2) is 18.2 Å². The van der Waals surface area contributed by atoms with Crippen LogP contribution < -0.4 is 0 Å². The summed E-state index contributed by atoms with van der Waals surface area (Å²) in [6, 6.07) is 3.05. The first-order valence-electron chi connectivity index (χ1n) is 9.54. The van der Waals surface area contributed by atoms with Gasteiger partial charge in [0.05, 0.1) is 22.4 Å². The highest BCUT2D eigenvalue weighted by atomic mass is 16.6. The number of nitro groups is 1. The molecule has 0 bridgehead atoms. The first-order chi connectivity index (χ1) is 13.8. The van der Waals surface area contributed by atoms with Gasteiger partial charge in [-0.05, 0) is 44.7 Å². The maximum Gasteiger partial charge on any atom is 0.416 e. The van der Waals surface area contributed by atoms with Crippen LogP contribution >= 0.6 is 0 Å². The van der Waals surface area contributed by atoms with Crippen molar-refractivity contribution in [2.24, 2.45) is 17.3 Å². The van der Waals surface area contributed by atoms with Gasteiger partial charge in [0, 0.05) is 11.5 Å². The predicted molar refractivity (Wildman–Crippen MR) is 105 cm³/mol. The van der Waals surface area contributed by atoms with E-state index in [0.29, 0.717) is 0 Å². The number of cyclic esters (lactones) is 1. The molecule has 1 aromatic carbocycles. The van der Waals surface area contributed by atoms with Gasteiger partial charge < -0.3 is 14.9 Å². The number of phenolic OH excluding ortho intramolecular Hbond substituents is 1. The lowest BCUT2D eigenvalue weighted by Crippen LogP contribution is -2.46. The number of phenols is 1. The van der Waals surface area contributed by atoms with Crippen molar-refractivity contribution in [1.29, 1.82) is 0 Å². The minimum Gasteiger partial charge on any atom is -0.508 e. The van der Waals surface area contributed by atoms with Crippen LogP contribution in [0.5, 0.6) is 5.75 Å². The van der Waals surface area contributed by atoms with Crippen molar-refractivity contribution < 1.29 is 34.3 Å². The summed E-state index contributed by atoms with van der Waals surface area (Å²) >= 11 is 0. The molecule has 2 N–H and O–H groups in total. The summed E-state index contributed by atoms with van der Waals surface area (Å²) in [4.78, 5) is 48.9. The third-order valence-corrected chi connectivity index (χ3v) is 5.33. The summed E-state index contributed by atoms with van der Waals surface area (Å²) in [5.41, 5.74) is -1.54. The number of imide groups is 1. The number of hydrogen-bond acceptors (Lipinski definition) is 7. The summed E-state index contributed by atoms with van der Waals surface area (Å²) in [7, 11) is 0. The molecule has 1 fully saturated rings. The van der Waals surface area contributed by atoms with Gasteiger partial charge in [-0.3, -0.25) is 19.7 Å². The van der Waals surface area contributed by atoms with Gasteiger partial charge in [0.25, 0.3) is 5.69 Å². The standard InChI is InChI=1S/C20H26N2O8/c1-11(2)16-10-30-19(27)21(16)17(24)13(9-20(3,4)18(25)26)7-12-5-6-14(23)8-15(12)22(28)29/h5-6,8,11,13,16,23H,7,9-10H2,1-4H3,(H,25,26). The number of amides is 2. The third-order valence-electron chi connectivity index (χ3n) is 5.33. The van der Waals surface area contributed by atoms with Crippen LogP contribution in [-0.4, -0.2) is 50.7 Å². The van der Waals surface area contributed by atoms with E-state index < -0.39 is 40.3 Å². The summed E-state index contributed by atoms with van der Waals surface area (Å²) in [6.07, 6.45) is -1.12. The number of aromatic hydroxyl groups is 1. The molecule has 1 aliphatic rings. The Hall–Kier alpha value is -3.17. The molecular formula is C20H26N2O8. The van der Waals surface area contributed by atoms with Crippen LogP contribution in [-0.2, 0) is 20.7 Å². The smallest absolute Gasteiger partial charge is 0.416 e. The van der Waals surface area contributed by atoms with Gasteiger partial charge in [-0.1, -0.05) is 13.8 Å². The minimum absolute atomic E-state index is 0.0383. The Morgan fingerprint density at radius 2 is 2.00 bits per heavy atom. The Balaban J connectivity index is 2.46. The Morgan fingerprint density at radius 3 is 2.53 bits per heavy atom. The molecule has 2 rings (SSSR count). The Labute approximate surface area is 173 Å². The largest absolute Gasteiger partial charge is 0.508 e. The molecule has 164 valence electrons. The summed E-state index contributed by atoms with van der Waals surface area (Å²) in [5.74, 6) is -3.18. The van der Waals surface area contributed by atoms with Crippen molar-refractivity contribution in [1.82, 2.24) is 4.90 Å². The van der Waals surface area contributed by atoms with Crippen LogP contribution in [0.3, 0.4) is 0 Å². The van der Waals surface area contributed by atoms with Crippen molar-refractivity contribution in [2.75, 3.05) is 6.61 Å². The molecule has 10 nitrogen and oxygen atoms in total. The Bertz CT molecular complexity index is 864. The first-order valence-corrected chi connectivity index (χ1v) is 9.54. The average molecular weight is 422 g/mol. The van der Waals surface area contributed by atoms with Crippen molar-refractivity contribution in [3.8, 4) is 5.75 Å². The van der Waals surface area contributed by atoms with E-state index in [0.717, 1.165) is 11.0 Å². The minimum atomic E-state index is -1.32. The van der Waals surface area contributed by atoms with Crippen LogP contribution in [0.4, 0.5) is 10.5 Å². The van der Waals surface area contributed by atoms with Crippen molar-refractivity contribution in [2.45, 2.75) is 46.6 Å². The number of ether oxygens (including phenoxy) is 1. The highest BCUT2D eigenvalue weighted by molar-refractivity contribution is 5.95. The van der Waals surface area contributed by atoms with Gasteiger partial charge in [-0.2, -0.15) is 0 Å². The highest BCUT2D eigenvalue weighted by Gasteiger charge is 2.44. The van der Waals surface area contributed by atoms with Crippen molar-refractivity contribution in [3.63, 3.8) is 0 Å². The molecule has 1 heterocycles. The van der Waals surface area contributed by atoms with Gasteiger partial charge >= 0.3 is 12.1 Å². The van der Waals surface area contributed by atoms with Gasteiger partial charge in [0.15, 0.2) is 0 Å². The molecule has 2 amide bonds. The van der Waals surface area contributed by atoms with E-state index in [1.165, 1.54) is 26.0 Å². The number of rotatable bonds is 8. The number of hydrogen-bond donors (Lipinski definition) is 2. The fourth-order valence-corrected chi connectivity index (χ4v) is 3.49. The fourth-order valence-electron chi connectivity index (χ4n) is 3.49. The molecule has 1 aliphatic heterocycles.